The first-order chi connectivity index (χ1) is 11.7. The van der Waals surface area contributed by atoms with Gasteiger partial charge < -0.3 is 60.7 Å². The quantitative estimate of drug-likeness (QED) is 0.193. The molecule has 0 bridgehead atoms. The van der Waals surface area contributed by atoms with Gasteiger partial charge >= 0.3 is 37.7 Å². The van der Waals surface area contributed by atoms with Gasteiger partial charge in [-0.15, -0.1) is 0 Å². The third-order valence-electron chi connectivity index (χ3n) is 4.52. The first-order valence-electron chi connectivity index (χ1n) is 7.69. The Balaban J connectivity index is 0.000000483. The number of carbonyl (C=O) groups excluding carboxylic acids is 2. The van der Waals surface area contributed by atoms with Crippen molar-refractivity contribution in [1.29, 1.82) is 0 Å². The average molecular weight is 422 g/mol. The predicted octanol–water partition coefficient (Wildman–Crippen LogP) is -7.69. The van der Waals surface area contributed by atoms with Crippen molar-refractivity contribution in [2.75, 3.05) is 0 Å². The van der Waals surface area contributed by atoms with Gasteiger partial charge in [-0.2, -0.15) is 0 Å². The number of aliphatic hydroxyl groups is 8. The maximum Gasteiger partial charge on any atom is 2.00 e. The Labute approximate surface area is 183 Å². The summed E-state index contributed by atoms with van der Waals surface area (Å²) < 4.78 is 0. The molecule has 0 aromatic heterocycles. The summed E-state index contributed by atoms with van der Waals surface area (Å²) in [6, 6.07) is 0. The summed E-state index contributed by atoms with van der Waals surface area (Å²) in [6.45, 7) is 0. The second-order valence-electron chi connectivity index (χ2n) is 6.71. The van der Waals surface area contributed by atoms with Gasteiger partial charge in [-0.05, 0) is 0 Å². The molecular weight excluding hydrogens is 400 g/mol. The van der Waals surface area contributed by atoms with Crippen LogP contribution in [0.4, 0.5) is 0 Å². The smallest absolute Gasteiger partial charge is 0.547 e. The van der Waals surface area contributed by atoms with Gasteiger partial charge in [-0.1, -0.05) is 0 Å². The fourth-order valence-electron chi connectivity index (χ4n) is 2.88. The molecular formula is C14H22CaO12. The standard InChI is InChI=1S/2C7H12O6.Ca/c2*8-3-1-7(13,6(11)12)2-4(9)5(3)10;/h2*3-5,8-10,13H,1-2H2,(H,11,12);/q;;+2/p-2/t2*3-,4-,5?,7?;/m11./s1. The van der Waals surface area contributed by atoms with Crippen LogP contribution in [0.5, 0.6) is 0 Å². The van der Waals surface area contributed by atoms with Gasteiger partial charge in [0.05, 0.1) is 36.4 Å². The van der Waals surface area contributed by atoms with Crippen LogP contribution < -0.4 is 10.2 Å². The van der Waals surface area contributed by atoms with Crippen LogP contribution in [0, 0.1) is 0 Å². The maximum absolute atomic E-state index is 10.4. The summed E-state index contributed by atoms with van der Waals surface area (Å²) in [5.41, 5.74) is -4.50. The zero-order valence-electron chi connectivity index (χ0n) is 14.2. The van der Waals surface area contributed by atoms with Gasteiger partial charge in [0.1, 0.15) is 23.4 Å². The molecule has 2 aliphatic carbocycles. The molecule has 0 amide bonds. The first kappa shape index (κ1) is 26.9. The number of hydrogen-bond acceptors (Lipinski definition) is 12. The van der Waals surface area contributed by atoms with Crippen LogP contribution in [0.3, 0.4) is 0 Å². The van der Waals surface area contributed by atoms with E-state index in [1.807, 2.05) is 0 Å². The second-order valence-corrected chi connectivity index (χ2v) is 6.71. The molecule has 0 radical (unpaired) electrons. The molecule has 13 heteroatoms. The van der Waals surface area contributed by atoms with E-state index in [4.69, 9.17) is 30.6 Å². The molecule has 27 heavy (non-hydrogen) atoms. The molecule has 0 heterocycles. The van der Waals surface area contributed by atoms with E-state index in [2.05, 4.69) is 0 Å². The Bertz CT molecular complexity index is 458. The third kappa shape index (κ3) is 6.44. The molecule has 0 unspecified atom stereocenters. The van der Waals surface area contributed by atoms with Crippen molar-refractivity contribution in [2.45, 2.75) is 73.5 Å². The zero-order chi connectivity index (χ0) is 20.4. The van der Waals surface area contributed by atoms with Gasteiger partial charge in [0.2, 0.25) is 0 Å². The minimum atomic E-state index is -2.25. The van der Waals surface area contributed by atoms with Gasteiger partial charge in [-0.3, -0.25) is 0 Å². The van der Waals surface area contributed by atoms with Crippen LogP contribution in [0.15, 0.2) is 0 Å². The average Bonchev–Trinajstić information content (AvgIpc) is 2.50. The number of aliphatic hydroxyl groups excluding tert-OH is 6. The van der Waals surface area contributed by atoms with Gasteiger partial charge in [-0.25, -0.2) is 0 Å². The Morgan fingerprint density at radius 3 is 0.963 bits per heavy atom. The number of aliphatic carboxylic acids is 2. The van der Waals surface area contributed by atoms with Crippen molar-refractivity contribution in [2.24, 2.45) is 0 Å². The predicted molar refractivity (Wildman–Crippen MR) is 80.2 cm³/mol. The molecule has 2 fully saturated rings. The van der Waals surface area contributed by atoms with Crippen LogP contribution in [-0.4, -0.2) is 138 Å². The van der Waals surface area contributed by atoms with Gasteiger partial charge in [0.25, 0.3) is 0 Å². The van der Waals surface area contributed by atoms with Crippen LogP contribution in [0.2, 0.25) is 0 Å². The number of rotatable bonds is 2. The minimum absolute atomic E-state index is 0. The fourth-order valence-corrected chi connectivity index (χ4v) is 2.88. The number of carbonyl (C=O) groups is 2. The second kappa shape index (κ2) is 10.1. The van der Waals surface area contributed by atoms with Crippen molar-refractivity contribution < 1.29 is 60.7 Å². The van der Waals surface area contributed by atoms with Crippen molar-refractivity contribution >= 4 is 49.7 Å². The van der Waals surface area contributed by atoms with E-state index in [0.29, 0.717) is 0 Å². The van der Waals surface area contributed by atoms with E-state index >= 15 is 0 Å². The number of carboxylic acid groups (broad SMARTS) is 2. The molecule has 12 nitrogen and oxygen atoms in total. The summed E-state index contributed by atoms with van der Waals surface area (Å²) in [4.78, 5) is 20.8. The molecule has 0 spiro atoms. The van der Waals surface area contributed by atoms with Crippen LogP contribution in [0.1, 0.15) is 25.7 Å². The molecule has 152 valence electrons. The third-order valence-corrected chi connectivity index (χ3v) is 4.52. The molecule has 2 rings (SSSR count). The van der Waals surface area contributed by atoms with Crippen molar-refractivity contribution in [3.8, 4) is 0 Å². The normalized spacial score (nSPS) is 44.3. The summed E-state index contributed by atoms with van der Waals surface area (Å²) in [6.07, 6.45) is -10.8. The van der Waals surface area contributed by atoms with Crippen molar-refractivity contribution in [3.05, 3.63) is 0 Å². The summed E-state index contributed by atoms with van der Waals surface area (Å²) >= 11 is 0. The summed E-state index contributed by atoms with van der Waals surface area (Å²) in [7, 11) is 0. The van der Waals surface area contributed by atoms with Gasteiger partial charge in [0.15, 0.2) is 0 Å². The van der Waals surface area contributed by atoms with E-state index in [0.717, 1.165) is 0 Å². The van der Waals surface area contributed by atoms with Crippen LogP contribution in [-0.2, 0) is 9.59 Å². The number of hydrogen-bond donors (Lipinski definition) is 8. The van der Waals surface area contributed by atoms with Crippen molar-refractivity contribution in [1.82, 2.24) is 0 Å². The SMILES string of the molecule is O=C([O-])C1(O)C[C@@H](O)C(O)[C@H](O)C1.O=C([O-])C1(O)C[C@@H](O)C(O)[C@H](O)C1.[Ca+2]. The first-order valence-corrected chi connectivity index (χ1v) is 7.69. The molecule has 0 aliphatic heterocycles. The molecule has 0 aromatic carbocycles. The molecule has 2 aliphatic rings. The Morgan fingerprint density at radius 1 is 0.630 bits per heavy atom. The van der Waals surface area contributed by atoms with E-state index < -0.39 is 85.4 Å². The van der Waals surface area contributed by atoms with Crippen LogP contribution >= 0.6 is 0 Å². The largest absolute Gasteiger partial charge is 2.00 e. The Hall–Kier alpha value is -0.120. The fraction of sp³-hybridized carbons (Fsp3) is 0.857. The molecule has 0 saturated heterocycles. The van der Waals surface area contributed by atoms with Gasteiger partial charge in [0, 0.05) is 25.7 Å². The molecule has 2 saturated carbocycles. The Kier molecular flexibility index (Phi) is 10.0. The van der Waals surface area contributed by atoms with E-state index in [9.17, 15) is 30.0 Å². The Morgan fingerprint density at radius 2 is 0.815 bits per heavy atom. The number of carboxylic acids is 2. The van der Waals surface area contributed by atoms with E-state index in [1.54, 1.807) is 0 Å². The zero-order valence-corrected chi connectivity index (χ0v) is 16.4. The molecule has 0 aromatic rings. The minimum Gasteiger partial charge on any atom is -0.547 e. The van der Waals surface area contributed by atoms with Crippen LogP contribution in [0.25, 0.3) is 0 Å². The molecule has 8 N–H and O–H groups in total. The topological polar surface area (TPSA) is 242 Å². The van der Waals surface area contributed by atoms with E-state index in [1.165, 1.54) is 0 Å². The molecule has 4 atom stereocenters. The van der Waals surface area contributed by atoms with E-state index in [-0.39, 0.29) is 37.7 Å². The maximum atomic E-state index is 10.4. The van der Waals surface area contributed by atoms with Crippen molar-refractivity contribution in [3.63, 3.8) is 0 Å². The monoisotopic (exact) mass is 422 g/mol. The summed E-state index contributed by atoms with van der Waals surface area (Å²) in [5.74, 6) is -3.50. The summed E-state index contributed by atoms with van der Waals surface area (Å²) in [5, 5.41) is 93.8.